The first-order valence-corrected chi connectivity index (χ1v) is 21.1. The number of rotatable bonds is 6. The lowest BCUT2D eigenvalue weighted by atomic mass is 9.97. The molecule has 13 rings (SSSR count). The molecule has 0 aliphatic carbocycles. The third-order valence-electron chi connectivity index (χ3n) is 12.2. The number of aromatic nitrogens is 6. The van der Waals surface area contributed by atoms with Crippen molar-refractivity contribution in [2.24, 2.45) is 0 Å². The minimum Gasteiger partial charge on any atom is -0.434 e. The van der Waals surface area contributed by atoms with Crippen LogP contribution in [0.4, 0.5) is 0 Å². The van der Waals surface area contributed by atoms with Gasteiger partial charge in [0.2, 0.25) is 11.8 Å². The van der Waals surface area contributed by atoms with E-state index in [4.69, 9.17) is 24.4 Å². The summed E-state index contributed by atoms with van der Waals surface area (Å²) in [5, 5.41) is 6.83. The van der Waals surface area contributed by atoms with Crippen molar-refractivity contribution in [3.8, 4) is 57.0 Å². The molecule has 0 aliphatic heterocycles. The van der Waals surface area contributed by atoms with E-state index in [2.05, 4.69) is 161 Å². The lowest BCUT2D eigenvalue weighted by Crippen LogP contribution is -2.07. The van der Waals surface area contributed by atoms with Gasteiger partial charge in [-0.1, -0.05) is 170 Å². The Morgan fingerprint density at radius 2 is 0.889 bits per heavy atom. The van der Waals surface area contributed by atoms with E-state index in [1.165, 1.54) is 16.3 Å². The summed E-state index contributed by atoms with van der Waals surface area (Å²) in [4.78, 5) is 20.8. The maximum absolute atomic E-state index is 6.71. The van der Waals surface area contributed by atoms with Crippen LogP contribution in [0.25, 0.3) is 122 Å². The summed E-state index contributed by atoms with van der Waals surface area (Å²) in [7, 11) is 0. The molecular weight excluding hydrogens is 773 g/mol. The van der Waals surface area contributed by atoms with E-state index in [1.807, 2.05) is 54.6 Å². The average Bonchev–Trinajstić information content (AvgIpc) is 4.05. The molecule has 0 amide bonds. The zero-order valence-electron chi connectivity index (χ0n) is 33.7. The number of oxazole rings is 1. The second kappa shape index (κ2) is 13.9. The number of fused-ring (bicyclic) bond motifs is 9. The predicted molar refractivity (Wildman–Crippen MR) is 255 cm³/mol. The van der Waals surface area contributed by atoms with Gasteiger partial charge in [-0.3, -0.25) is 4.57 Å². The summed E-state index contributed by atoms with van der Waals surface area (Å²) in [5.41, 5.74) is 11.4. The van der Waals surface area contributed by atoms with Gasteiger partial charge in [-0.2, -0.15) is 9.97 Å². The molecule has 4 aromatic heterocycles. The Morgan fingerprint density at radius 1 is 0.349 bits per heavy atom. The van der Waals surface area contributed by atoms with Crippen LogP contribution in [0.1, 0.15) is 0 Å². The maximum Gasteiger partial charge on any atom is 0.238 e. The van der Waals surface area contributed by atoms with Crippen molar-refractivity contribution < 1.29 is 4.42 Å². The molecule has 0 spiro atoms. The molecule has 63 heavy (non-hydrogen) atoms. The summed E-state index contributed by atoms with van der Waals surface area (Å²) < 4.78 is 11.3. The average molecular weight is 807 g/mol. The molecule has 7 nitrogen and oxygen atoms in total. The van der Waals surface area contributed by atoms with Crippen LogP contribution in [-0.2, 0) is 0 Å². The van der Waals surface area contributed by atoms with Crippen LogP contribution in [0, 0.1) is 0 Å². The molecule has 13 aromatic rings. The van der Waals surface area contributed by atoms with Gasteiger partial charge in [-0.05, 0) is 58.3 Å². The van der Waals surface area contributed by atoms with Crippen molar-refractivity contribution >= 4 is 65.5 Å². The van der Waals surface area contributed by atoms with Gasteiger partial charge in [0.1, 0.15) is 5.52 Å². The monoisotopic (exact) mass is 806 g/mol. The molecular formula is C56H34N6O. The Kier molecular flexibility index (Phi) is 7.77. The molecule has 0 N–H and O–H groups in total. The highest BCUT2D eigenvalue weighted by molar-refractivity contribution is 6.24. The molecule has 9 aromatic carbocycles. The molecule has 0 bridgehead atoms. The zero-order valence-corrected chi connectivity index (χ0v) is 33.7. The van der Waals surface area contributed by atoms with Gasteiger partial charge in [0.25, 0.3) is 0 Å². The molecule has 0 radical (unpaired) electrons. The number of para-hydroxylation sites is 3. The fraction of sp³-hybridized carbons (Fsp3) is 0. The SMILES string of the molecule is c1ccc(-c2nc(-c3ccc(-c4cccc5ccccc45)cc3)nc(-n3c4ccccc4c4ccc5c6ccccc6n(-c6cccc7nc(-c8ccccc8)oc67)c5c43)n2)cc1. The van der Waals surface area contributed by atoms with E-state index in [9.17, 15) is 0 Å². The summed E-state index contributed by atoms with van der Waals surface area (Å²) >= 11 is 0. The fourth-order valence-electron chi connectivity index (χ4n) is 9.36. The predicted octanol–water partition coefficient (Wildman–Crippen LogP) is 14.0. The zero-order chi connectivity index (χ0) is 41.4. The van der Waals surface area contributed by atoms with E-state index in [0.717, 1.165) is 77.1 Å². The van der Waals surface area contributed by atoms with Crippen LogP contribution in [0.2, 0.25) is 0 Å². The van der Waals surface area contributed by atoms with Crippen molar-refractivity contribution in [2.75, 3.05) is 0 Å². The minimum absolute atomic E-state index is 0.525. The van der Waals surface area contributed by atoms with Crippen molar-refractivity contribution in [1.82, 2.24) is 29.1 Å². The molecule has 0 fully saturated rings. The van der Waals surface area contributed by atoms with E-state index in [0.29, 0.717) is 29.1 Å². The van der Waals surface area contributed by atoms with Crippen molar-refractivity contribution in [3.63, 3.8) is 0 Å². The topological polar surface area (TPSA) is 74.6 Å². The van der Waals surface area contributed by atoms with Crippen LogP contribution in [0.15, 0.2) is 211 Å². The van der Waals surface area contributed by atoms with Crippen molar-refractivity contribution in [3.05, 3.63) is 206 Å². The fourth-order valence-corrected chi connectivity index (χ4v) is 9.36. The van der Waals surface area contributed by atoms with Gasteiger partial charge in [-0.15, -0.1) is 0 Å². The number of nitrogens with zero attached hydrogens (tertiary/aromatic N) is 6. The second-order valence-corrected chi connectivity index (χ2v) is 15.8. The molecule has 0 unspecified atom stereocenters. The summed E-state index contributed by atoms with van der Waals surface area (Å²) in [6.45, 7) is 0. The van der Waals surface area contributed by atoms with Crippen LogP contribution in [0.5, 0.6) is 0 Å². The number of hydrogen-bond acceptors (Lipinski definition) is 5. The third-order valence-corrected chi connectivity index (χ3v) is 12.2. The minimum atomic E-state index is 0.525. The normalized spacial score (nSPS) is 11.8. The van der Waals surface area contributed by atoms with Gasteiger partial charge in [0.15, 0.2) is 17.2 Å². The highest BCUT2D eigenvalue weighted by Crippen LogP contribution is 2.43. The quantitative estimate of drug-likeness (QED) is 0.167. The van der Waals surface area contributed by atoms with Crippen molar-refractivity contribution in [1.29, 1.82) is 0 Å². The molecule has 294 valence electrons. The first kappa shape index (κ1) is 35.1. The molecule has 0 saturated heterocycles. The number of hydrogen-bond donors (Lipinski definition) is 0. The van der Waals surface area contributed by atoms with Gasteiger partial charge in [0.05, 0.1) is 27.8 Å². The highest BCUT2D eigenvalue weighted by atomic mass is 16.3. The van der Waals surface area contributed by atoms with Crippen LogP contribution >= 0.6 is 0 Å². The number of benzene rings is 9. The van der Waals surface area contributed by atoms with E-state index in [1.54, 1.807) is 0 Å². The Morgan fingerprint density at radius 3 is 1.60 bits per heavy atom. The Balaban J connectivity index is 1.09. The van der Waals surface area contributed by atoms with Gasteiger partial charge in [0, 0.05) is 38.2 Å². The van der Waals surface area contributed by atoms with E-state index in [-0.39, 0.29) is 0 Å². The third kappa shape index (κ3) is 5.53. The molecule has 0 aliphatic rings. The van der Waals surface area contributed by atoms with Crippen LogP contribution in [-0.4, -0.2) is 29.1 Å². The van der Waals surface area contributed by atoms with Crippen LogP contribution in [0.3, 0.4) is 0 Å². The Labute approximate surface area is 360 Å². The Bertz CT molecular complexity index is 3900. The lowest BCUT2D eigenvalue weighted by molar-refractivity contribution is 0.618. The first-order chi connectivity index (χ1) is 31.2. The molecule has 0 atom stereocenters. The largest absolute Gasteiger partial charge is 0.434 e. The van der Waals surface area contributed by atoms with E-state index < -0.39 is 0 Å². The van der Waals surface area contributed by atoms with Crippen LogP contribution < -0.4 is 0 Å². The summed E-state index contributed by atoms with van der Waals surface area (Å²) in [6, 6.07) is 71.5. The van der Waals surface area contributed by atoms with E-state index >= 15 is 0 Å². The van der Waals surface area contributed by atoms with Crippen molar-refractivity contribution in [2.45, 2.75) is 0 Å². The first-order valence-electron chi connectivity index (χ1n) is 21.1. The highest BCUT2D eigenvalue weighted by Gasteiger charge is 2.25. The lowest BCUT2D eigenvalue weighted by Gasteiger charge is -2.13. The molecule has 4 heterocycles. The van der Waals surface area contributed by atoms with Gasteiger partial charge >= 0.3 is 0 Å². The second-order valence-electron chi connectivity index (χ2n) is 15.8. The van der Waals surface area contributed by atoms with Gasteiger partial charge in [-0.25, -0.2) is 9.97 Å². The van der Waals surface area contributed by atoms with Gasteiger partial charge < -0.3 is 8.98 Å². The maximum atomic E-state index is 6.71. The summed E-state index contributed by atoms with van der Waals surface area (Å²) in [6.07, 6.45) is 0. The standard InChI is InChI=1S/C56H34N6O/c1-3-16-37(17-4-1)53-58-54(38-31-29-36(30-32-38)41-24-13-20-35-15-7-8-21-40(35)41)60-56(59-53)62-48-27-12-10-23-43(48)45-34-33-44-42-22-9-11-26-47(42)61(50(44)51(45)62)49-28-14-25-46-52(49)63-55(57-46)39-18-5-2-6-19-39/h1-34H. The molecule has 7 heteroatoms. The Hall–Kier alpha value is -8.68. The summed E-state index contributed by atoms with van der Waals surface area (Å²) in [5.74, 6) is 2.28. The smallest absolute Gasteiger partial charge is 0.238 e. The molecule has 0 saturated carbocycles.